The van der Waals surface area contributed by atoms with Crippen LogP contribution in [0.25, 0.3) is 10.6 Å². The van der Waals surface area contributed by atoms with Crippen molar-refractivity contribution < 1.29 is 19.4 Å². The van der Waals surface area contributed by atoms with Crippen LogP contribution in [0.15, 0.2) is 65.9 Å². The number of Topliss-reactive ketones (excluding diaryl/α,β-unsaturated/α-hetero) is 1. The number of benzene rings is 2. The van der Waals surface area contributed by atoms with E-state index in [-0.39, 0.29) is 17.9 Å². The summed E-state index contributed by atoms with van der Waals surface area (Å²) in [6, 6.07) is 16.8. The Hall–Kier alpha value is -3.29. The third kappa shape index (κ3) is 4.41. The molecule has 1 unspecified atom stereocenters. The van der Waals surface area contributed by atoms with Crippen LogP contribution in [0.4, 0.5) is 0 Å². The van der Waals surface area contributed by atoms with Crippen LogP contribution < -0.4 is 0 Å². The molecule has 1 aromatic heterocycles. The Labute approximate surface area is 203 Å². The van der Waals surface area contributed by atoms with Crippen molar-refractivity contribution in [2.24, 2.45) is 0 Å². The van der Waals surface area contributed by atoms with Gasteiger partial charge in [0, 0.05) is 19.2 Å². The molecule has 2 heterocycles. The van der Waals surface area contributed by atoms with Gasteiger partial charge in [-0.3, -0.25) is 9.59 Å². The Bertz CT molecular complexity index is 1230. The zero-order valence-corrected chi connectivity index (χ0v) is 20.6. The van der Waals surface area contributed by atoms with E-state index in [1.807, 2.05) is 54.6 Å². The lowest BCUT2D eigenvalue weighted by Gasteiger charge is -2.26. The highest BCUT2D eigenvalue weighted by Gasteiger charge is 2.44. The van der Waals surface area contributed by atoms with Gasteiger partial charge in [-0.25, -0.2) is 4.98 Å². The van der Waals surface area contributed by atoms with Gasteiger partial charge in [0.1, 0.15) is 5.01 Å². The van der Waals surface area contributed by atoms with Crippen molar-refractivity contribution in [3.8, 4) is 10.6 Å². The molecule has 3 aromatic rings. The molecule has 0 saturated carbocycles. The van der Waals surface area contributed by atoms with Gasteiger partial charge in [0.25, 0.3) is 5.91 Å². The van der Waals surface area contributed by atoms with Crippen LogP contribution in [0.2, 0.25) is 0 Å². The first kappa shape index (κ1) is 23.9. The Balaban J connectivity index is 1.77. The first-order chi connectivity index (χ1) is 16.3. The van der Waals surface area contributed by atoms with E-state index in [1.165, 1.54) is 16.2 Å². The Morgan fingerprint density at radius 3 is 2.44 bits per heavy atom. The maximum absolute atomic E-state index is 13.8. The average molecular weight is 477 g/mol. The standard InChI is InChI=1S/C27H28N2O4S/c1-16(2)18-10-12-19(13-11-18)22-21(24(31)27(32)29(22)14-15-33-4)23(30)25-17(3)28-26(34-25)20-8-6-5-7-9-20/h5-13,16,22,31H,14-15H2,1-4H3. The number of aliphatic hydroxyl groups is 1. The number of aromatic nitrogens is 1. The molecule has 7 heteroatoms. The summed E-state index contributed by atoms with van der Waals surface area (Å²) in [5.41, 5.74) is 3.50. The number of rotatable bonds is 8. The first-order valence-electron chi connectivity index (χ1n) is 11.2. The SMILES string of the molecule is COCCN1C(=O)C(O)=C(C(=O)c2sc(-c3ccccc3)nc2C)C1c1ccc(C(C)C)cc1. The maximum Gasteiger partial charge on any atom is 0.290 e. The second-order valence-electron chi connectivity index (χ2n) is 8.61. The van der Waals surface area contributed by atoms with Gasteiger partial charge in [0.15, 0.2) is 5.76 Å². The second-order valence-corrected chi connectivity index (χ2v) is 9.61. The van der Waals surface area contributed by atoms with E-state index in [0.717, 1.165) is 21.7 Å². The van der Waals surface area contributed by atoms with Crippen LogP contribution in [0.1, 0.15) is 52.3 Å². The maximum atomic E-state index is 13.8. The summed E-state index contributed by atoms with van der Waals surface area (Å²) in [7, 11) is 1.55. The van der Waals surface area contributed by atoms with E-state index in [4.69, 9.17) is 4.74 Å². The molecule has 1 atom stereocenters. The number of thiazole rings is 1. The summed E-state index contributed by atoms with van der Waals surface area (Å²) in [5, 5.41) is 11.6. The van der Waals surface area contributed by atoms with Crippen molar-refractivity contribution in [3.63, 3.8) is 0 Å². The quantitative estimate of drug-likeness (QED) is 0.436. The van der Waals surface area contributed by atoms with Gasteiger partial charge in [0.2, 0.25) is 5.78 Å². The second kappa shape index (κ2) is 9.91. The minimum Gasteiger partial charge on any atom is -0.503 e. The molecule has 4 rings (SSSR count). The van der Waals surface area contributed by atoms with Crippen molar-refractivity contribution in [2.75, 3.05) is 20.3 Å². The minimum absolute atomic E-state index is 0.0877. The molecule has 0 radical (unpaired) electrons. The fourth-order valence-corrected chi connectivity index (χ4v) is 5.18. The number of amides is 1. The summed E-state index contributed by atoms with van der Waals surface area (Å²) < 4.78 is 5.19. The zero-order chi connectivity index (χ0) is 24.4. The summed E-state index contributed by atoms with van der Waals surface area (Å²) in [5.74, 6) is -1.09. The number of aliphatic hydroxyl groups excluding tert-OH is 1. The molecule has 176 valence electrons. The third-order valence-corrected chi connectivity index (χ3v) is 7.23. The van der Waals surface area contributed by atoms with Crippen molar-refractivity contribution in [1.82, 2.24) is 9.88 Å². The Kier molecular flexibility index (Phi) is 6.95. The molecule has 0 saturated heterocycles. The van der Waals surface area contributed by atoms with Gasteiger partial charge < -0.3 is 14.7 Å². The van der Waals surface area contributed by atoms with E-state index in [1.54, 1.807) is 14.0 Å². The topological polar surface area (TPSA) is 79.7 Å². The molecule has 6 nitrogen and oxygen atoms in total. The van der Waals surface area contributed by atoms with Crippen LogP contribution in [-0.4, -0.2) is 46.9 Å². The van der Waals surface area contributed by atoms with E-state index in [2.05, 4.69) is 18.8 Å². The molecule has 1 amide bonds. The fraction of sp³-hybridized carbons (Fsp3) is 0.296. The molecule has 0 spiro atoms. The highest BCUT2D eigenvalue weighted by atomic mass is 32.1. The number of carbonyl (C=O) groups excluding carboxylic acids is 2. The molecule has 1 aliphatic rings. The molecule has 34 heavy (non-hydrogen) atoms. The summed E-state index contributed by atoms with van der Waals surface area (Å²) in [6.45, 7) is 6.54. The lowest BCUT2D eigenvalue weighted by molar-refractivity contribution is -0.130. The van der Waals surface area contributed by atoms with E-state index in [9.17, 15) is 14.7 Å². The highest BCUT2D eigenvalue weighted by Crippen LogP contribution is 2.41. The normalized spacial score (nSPS) is 16.1. The molecule has 0 bridgehead atoms. The Morgan fingerprint density at radius 2 is 1.82 bits per heavy atom. The van der Waals surface area contributed by atoms with Crippen LogP contribution in [0.3, 0.4) is 0 Å². The zero-order valence-electron chi connectivity index (χ0n) is 19.7. The largest absolute Gasteiger partial charge is 0.503 e. The number of carbonyl (C=O) groups is 2. The number of hydrogen-bond donors (Lipinski definition) is 1. The number of ether oxygens (including phenoxy) is 1. The van der Waals surface area contributed by atoms with Gasteiger partial charge in [-0.2, -0.15) is 0 Å². The summed E-state index contributed by atoms with van der Waals surface area (Å²) in [6.07, 6.45) is 0. The minimum atomic E-state index is -0.696. The van der Waals surface area contributed by atoms with Crippen molar-refractivity contribution in [1.29, 1.82) is 0 Å². The molecule has 0 fully saturated rings. The number of aryl methyl sites for hydroxylation is 1. The van der Waals surface area contributed by atoms with Crippen LogP contribution in [-0.2, 0) is 9.53 Å². The van der Waals surface area contributed by atoms with Crippen molar-refractivity contribution >= 4 is 23.0 Å². The van der Waals surface area contributed by atoms with Gasteiger partial charge in [-0.15, -0.1) is 11.3 Å². The molecule has 1 N–H and O–H groups in total. The van der Waals surface area contributed by atoms with Gasteiger partial charge >= 0.3 is 0 Å². The van der Waals surface area contributed by atoms with E-state index >= 15 is 0 Å². The molecular formula is C27H28N2O4S. The molecule has 1 aliphatic heterocycles. The van der Waals surface area contributed by atoms with Gasteiger partial charge in [-0.1, -0.05) is 68.4 Å². The lowest BCUT2D eigenvalue weighted by Crippen LogP contribution is -2.34. The first-order valence-corrected chi connectivity index (χ1v) is 12.1. The average Bonchev–Trinajstić information content (AvgIpc) is 3.35. The highest BCUT2D eigenvalue weighted by molar-refractivity contribution is 7.17. The molecule has 0 aliphatic carbocycles. The lowest BCUT2D eigenvalue weighted by atomic mass is 9.93. The van der Waals surface area contributed by atoms with Crippen LogP contribution in [0.5, 0.6) is 0 Å². The number of ketones is 1. The molecule has 2 aromatic carbocycles. The van der Waals surface area contributed by atoms with Crippen molar-refractivity contribution in [3.05, 3.63) is 87.6 Å². The Morgan fingerprint density at radius 1 is 1.15 bits per heavy atom. The number of nitrogens with zero attached hydrogens (tertiary/aromatic N) is 2. The van der Waals surface area contributed by atoms with E-state index < -0.39 is 17.7 Å². The van der Waals surface area contributed by atoms with Gasteiger partial charge in [0.05, 0.1) is 28.8 Å². The fourth-order valence-electron chi connectivity index (χ4n) is 4.15. The summed E-state index contributed by atoms with van der Waals surface area (Å²) >= 11 is 1.27. The molecular weight excluding hydrogens is 448 g/mol. The third-order valence-electron chi connectivity index (χ3n) is 6.03. The predicted molar refractivity (Wildman–Crippen MR) is 133 cm³/mol. The van der Waals surface area contributed by atoms with Crippen LogP contribution >= 0.6 is 11.3 Å². The van der Waals surface area contributed by atoms with Crippen molar-refractivity contribution in [2.45, 2.75) is 32.7 Å². The van der Waals surface area contributed by atoms with Gasteiger partial charge in [-0.05, 0) is 24.0 Å². The number of methoxy groups -OCH3 is 1. The van der Waals surface area contributed by atoms with Crippen LogP contribution in [0, 0.1) is 6.92 Å². The van der Waals surface area contributed by atoms with E-state index in [0.29, 0.717) is 23.1 Å². The number of hydrogen-bond acceptors (Lipinski definition) is 6. The monoisotopic (exact) mass is 476 g/mol. The smallest absolute Gasteiger partial charge is 0.290 e. The predicted octanol–water partition coefficient (Wildman–Crippen LogP) is 5.47. The summed E-state index contributed by atoms with van der Waals surface area (Å²) in [4.78, 5) is 33.3.